The van der Waals surface area contributed by atoms with Crippen LogP contribution in [0.25, 0.3) is 10.2 Å². The summed E-state index contributed by atoms with van der Waals surface area (Å²) in [5.74, 6) is 0. The largest absolute Gasteiger partial charge is 0.321 e. The van der Waals surface area contributed by atoms with Gasteiger partial charge in [0.1, 0.15) is 0 Å². The molecular weight excluding hydrogens is 264 g/mol. The minimum Gasteiger partial charge on any atom is -0.321 e. The molecule has 1 aliphatic carbocycles. The summed E-state index contributed by atoms with van der Waals surface area (Å²) in [6.45, 7) is 0. The van der Waals surface area contributed by atoms with Gasteiger partial charge in [-0.05, 0) is 36.1 Å². The highest BCUT2D eigenvalue weighted by atomic mass is 32.1. The Morgan fingerprint density at radius 3 is 2.80 bits per heavy atom. The highest BCUT2D eigenvalue weighted by Gasteiger charge is 2.35. The molecule has 0 bridgehead atoms. The number of fused-ring (bicyclic) bond motifs is 2. The standard InChI is InChI=1S/C17H16N2S/c18-17(10-9-12-5-1-2-6-13(12)17)11-16-19-14-7-3-4-8-15(14)20-16/h1-8H,9-11,18H2. The van der Waals surface area contributed by atoms with Gasteiger partial charge in [0.15, 0.2) is 0 Å². The smallest absolute Gasteiger partial charge is 0.0960 e. The van der Waals surface area contributed by atoms with Crippen LogP contribution in [0.15, 0.2) is 48.5 Å². The van der Waals surface area contributed by atoms with Crippen LogP contribution in [-0.2, 0) is 18.4 Å². The van der Waals surface area contributed by atoms with Crippen molar-refractivity contribution in [2.24, 2.45) is 5.73 Å². The number of hydrogen-bond donors (Lipinski definition) is 1. The number of hydrogen-bond acceptors (Lipinski definition) is 3. The Labute approximate surface area is 122 Å². The fraction of sp³-hybridized carbons (Fsp3) is 0.235. The van der Waals surface area contributed by atoms with Crippen LogP contribution in [0.1, 0.15) is 22.6 Å². The molecule has 0 spiro atoms. The first-order valence-electron chi connectivity index (χ1n) is 6.96. The van der Waals surface area contributed by atoms with E-state index in [1.54, 1.807) is 11.3 Å². The van der Waals surface area contributed by atoms with E-state index in [1.165, 1.54) is 15.8 Å². The van der Waals surface area contributed by atoms with Crippen LogP contribution in [0.3, 0.4) is 0 Å². The topological polar surface area (TPSA) is 38.9 Å². The van der Waals surface area contributed by atoms with Crippen LogP contribution in [0.2, 0.25) is 0 Å². The first kappa shape index (κ1) is 12.1. The zero-order valence-electron chi connectivity index (χ0n) is 11.2. The molecule has 1 heterocycles. The summed E-state index contributed by atoms with van der Waals surface area (Å²) in [5, 5.41) is 1.14. The highest BCUT2D eigenvalue weighted by molar-refractivity contribution is 7.18. The third-order valence-electron chi connectivity index (χ3n) is 4.20. The summed E-state index contributed by atoms with van der Waals surface area (Å²) in [6, 6.07) is 16.9. The lowest BCUT2D eigenvalue weighted by atomic mass is 9.90. The van der Waals surface area contributed by atoms with Crippen molar-refractivity contribution in [2.75, 3.05) is 0 Å². The van der Waals surface area contributed by atoms with Gasteiger partial charge in [-0.15, -0.1) is 11.3 Å². The molecule has 1 atom stereocenters. The predicted octanol–water partition coefficient (Wildman–Crippen LogP) is 3.64. The van der Waals surface area contributed by atoms with Crippen molar-refractivity contribution < 1.29 is 0 Å². The van der Waals surface area contributed by atoms with Gasteiger partial charge in [-0.1, -0.05) is 36.4 Å². The maximum absolute atomic E-state index is 6.69. The third kappa shape index (κ3) is 1.86. The van der Waals surface area contributed by atoms with Crippen LogP contribution in [-0.4, -0.2) is 4.98 Å². The summed E-state index contributed by atoms with van der Waals surface area (Å²) >= 11 is 1.77. The molecule has 20 heavy (non-hydrogen) atoms. The van der Waals surface area contributed by atoms with Gasteiger partial charge in [-0.25, -0.2) is 4.98 Å². The van der Waals surface area contributed by atoms with Crippen molar-refractivity contribution in [3.05, 3.63) is 64.7 Å². The van der Waals surface area contributed by atoms with E-state index in [2.05, 4.69) is 42.5 Å². The Bertz CT molecular complexity index is 744. The molecule has 0 saturated carbocycles. The summed E-state index contributed by atoms with van der Waals surface area (Å²) in [7, 11) is 0. The lowest BCUT2D eigenvalue weighted by molar-refractivity contribution is 0.438. The molecule has 0 saturated heterocycles. The number of nitrogens with two attached hydrogens (primary N) is 1. The fourth-order valence-corrected chi connectivity index (χ4v) is 4.26. The number of para-hydroxylation sites is 1. The summed E-state index contributed by atoms with van der Waals surface area (Å²) in [6.07, 6.45) is 2.93. The van der Waals surface area contributed by atoms with Crippen molar-refractivity contribution >= 4 is 21.6 Å². The summed E-state index contributed by atoms with van der Waals surface area (Å²) < 4.78 is 1.25. The minimum atomic E-state index is -0.246. The lowest BCUT2D eigenvalue weighted by Crippen LogP contribution is -2.36. The first-order valence-corrected chi connectivity index (χ1v) is 7.78. The molecule has 2 nitrogen and oxygen atoms in total. The highest BCUT2D eigenvalue weighted by Crippen LogP contribution is 2.38. The Morgan fingerprint density at radius 2 is 1.90 bits per heavy atom. The van der Waals surface area contributed by atoms with E-state index in [9.17, 15) is 0 Å². The zero-order valence-corrected chi connectivity index (χ0v) is 12.0. The molecule has 0 radical (unpaired) electrons. The zero-order chi connectivity index (χ0) is 13.6. The molecular formula is C17H16N2S. The second kappa shape index (κ2) is 4.40. The van der Waals surface area contributed by atoms with Crippen LogP contribution >= 0.6 is 11.3 Å². The SMILES string of the molecule is NC1(Cc2nc3ccccc3s2)CCc2ccccc21. The summed E-state index contributed by atoms with van der Waals surface area (Å²) in [5.41, 5.74) is 10.2. The van der Waals surface area contributed by atoms with E-state index in [-0.39, 0.29) is 5.54 Å². The number of aromatic nitrogens is 1. The lowest BCUT2D eigenvalue weighted by Gasteiger charge is -2.24. The predicted molar refractivity (Wildman–Crippen MR) is 84.0 cm³/mol. The molecule has 0 amide bonds. The fourth-order valence-electron chi connectivity index (χ4n) is 3.17. The molecule has 1 aromatic heterocycles. The van der Waals surface area contributed by atoms with E-state index in [0.717, 1.165) is 29.8 Å². The van der Waals surface area contributed by atoms with Gasteiger partial charge < -0.3 is 5.73 Å². The number of rotatable bonds is 2. The van der Waals surface area contributed by atoms with E-state index < -0.39 is 0 Å². The van der Waals surface area contributed by atoms with Crippen molar-refractivity contribution in [3.8, 4) is 0 Å². The van der Waals surface area contributed by atoms with Gasteiger partial charge in [-0.2, -0.15) is 0 Å². The van der Waals surface area contributed by atoms with Crippen molar-refractivity contribution in [1.82, 2.24) is 4.98 Å². The quantitative estimate of drug-likeness (QED) is 0.778. The normalized spacial score (nSPS) is 21.2. The van der Waals surface area contributed by atoms with Crippen LogP contribution in [0, 0.1) is 0 Å². The number of thiazole rings is 1. The molecule has 1 aliphatic rings. The second-order valence-corrected chi connectivity index (χ2v) is 6.68. The Balaban J connectivity index is 1.72. The van der Waals surface area contributed by atoms with E-state index in [0.29, 0.717) is 0 Å². The van der Waals surface area contributed by atoms with Gasteiger partial charge in [0, 0.05) is 12.0 Å². The number of benzene rings is 2. The van der Waals surface area contributed by atoms with Gasteiger partial charge in [-0.3, -0.25) is 0 Å². The van der Waals surface area contributed by atoms with E-state index in [4.69, 9.17) is 10.7 Å². The first-order chi connectivity index (χ1) is 9.74. The summed E-state index contributed by atoms with van der Waals surface area (Å²) in [4.78, 5) is 4.73. The van der Waals surface area contributed by atoms with Crippen LogP contribution in [0.5, 0.6) is 0 Å². The Hall–Kier alpha value is -1.71. The second-order valence-electron chi connectivity index (χ2n) is 5.57. The van der Waals surface area contributed by atoms with Crippen molar-refractivity contribution in [1.29, 1.82) is 0 Å². The maximum Gasteiger partial charge on any atom is 0.0960 e. The van der Waals surface area contributed by atoms with Gasteiger partial charge in [0.25, 0.3) is 0 Å². The van der Waals surface area contributed by atoms with E-state index in [1.807, 2.05) is 6.07 Å². The van der Waals surface area contributed by atoms with Gasteiger partial charge in [0.05, 0.1) is 15.2 Å². The number of nitrogens with zero attached hydrogens (tertiary/aromatic N) is 1. The monoisotopic (exact) mass is 280 g/mol. The molecule has 2 N–H and O–H groups in total. The minimum absolute atomic E-state index is 0.246. The van der Waals surface area contributed by atoms with Gasteiger partial charge in [0.2, 0.25) is 0 Å². The van der Waals surface area contributed by atoms with Crippen LogP contribution in [0.4, 0.5) is 0 Å². The van der Waals surface area contributed by atoms with Gasteiger partial charge >= 0.3 is 0 Å². The van der Waals surface area contributed by atoms with Crippen molar-refractivity contribution in [3.63, 3.8) is 0 Å². The average Bonchev–Trinajstić information content (AvgIpc) is 3.01. The Morgan fingerprint density at radius 1 is 1.10 bits per heavy atom. The molecule has 1 unspecified atom stereocenters. The van der Waals surface area contributed by atoms with E-state index >= 15 is 0 Å². The average molecular weight is 280 g/mol. The molecule has 0 aliphatic heterocycles. The Kier molecular flexibility index (Phi) is 2.65. The maximum atomic E-state index is 6.69. The van der Waals surface area contributed by atoms with Crippen LogP contribution < -0.4 is 5.73 Å². The molecule has 3 heteroatoms. The molecule has 3 aromatic rings. The number of aryl methyl sites for hydroxylation is 1. The molecule has 100 valence electrons. The third-order valence-corrected chi connectivity index (χ3v) is 5.24. The molecule has 4 rings (SSSR count). The molecule has 2 aromatic carbocycles. The molecule has 0 fully saturated rings. The van der Waals surface area contributed by atoms with Crippen molar-refractivity contribution in [2.45, 2.75) is 24.8 Å².